The van der Waals surface area contributed by atoms with E-state index in [9.17, 15) is 9.18 Å². The number of nitriles is 1. The van der Waals surface area contributed by atoms with E-state index < -0.39 is 11.7 Å². The summed E-state index contributed by atoms with van der Waals surface area (Å²) in [7, 11) is 1.42. The average molecular weight is 285 g/mol. The molecule has 1 amide bonds. The van der Waals surface area contributed by atoms with Crippen molar-refractivity contribution in [3.05, 3.63) is 53.3 Å². The van der Waals surface area contributed by atoms with E-state index in [1.807, 2.05) is 6.07 Å². The molecule has 0 aromatic heterocycles. The molecule has 0 radical (unpaired) electrons. The number of hydrogen-bond acceptors (Lipinski definition) is 4. The van der Waals surface area contributed by atoms with Gasteiger partial charge in [-0.1, -0.05) is 0 Å². The number of carbonyl (C=O) groups excluding carboxylic acids is 1. The predicted octanol–water partition coefficient (Wildman–Crippen LogP) is 2.54. The van der Waals surface area contributed by atoms with Crippen molar-refractivity contribution in [1.29, 1.82) is 5.26 Å². The maximum atomic E-state index is 13.2. The van der Waals surface area contributed by atoms with Crippen molar-refractivity contribution in [2.75, 3.05) is 18.2 Å². The van der Waals surface area contributed by atoms with E-state index in [0.29, 0.717) is 17.0 Å². The Kier molecular flexibility index (Phi) is 4.05. The molecule has 2 rings (SSSR count). The van der Waals surface area contributed by atoms with E-state index in [1.165, 1.54) is 37.4 Å². The number of hydrogen-bond donors (Lipinski definition) is 2. The molecule has 6 heteroatoms. The third-order valence-corrected chi connectivity index (χ3v) is 2.84. The number of nitrogen functional groups attached to an aromatic ring is 1. The van der Waals surface area contributed by atoms with E-state index in [-0.39, 0.29) is 11.3 Å². The van der Waals surface area contributed by atoms with Gasteiger partial charge in [-0.05, 0) is 30.3 Å². The zero-order chi connectivity index (χ0) is 15.4. The number of amides is 1. The highest BCUT2D eigenvalue weighted by molar-refractivity contribution is 6.08. The first-order valence-electron chi connectivity index (χ1n) is 5.99. The van der Waals surface area contributed by atoms with E-state index in [4.69, 9.17) is 15.7 Å². The highest BCUT2D eigenvalue weighted by Gasteiger charge is 2.13. The lowest BCUT2D eigenvalue weighted by Crippen LogP contribution is -2.15. The number of methoxy groups -OCH3 is 1. The molecule has 0 heterocycles. The smallest absolute Gasteiger partial charge is 0.257 e. The monoisotopic (exact) mass is 285 g/mol. The van der Waals surface area contributed by atoms with Crippen molar-refractivity contribution in [3.63, 3.8) is 0 Å². The van der Waals surface area contributed by atoms with Gasteiger partial charge >= 0.3 is 0 Å². The minimum Gasteiger partial charge on any atom is -0.495 e. The van der Waals surface area contributed by atoms with Crippen LogP contribution in [-0.4, -0.2) is 13.0 Å². The molecule has 0 saturated carbocycles. The normalized spacial score (nSPS) is 9.76. The Morgan fingerprint density at radius 1 is 1.33 bits per heavy atom. The molecular formula is C15H12FN3O2. The minimum absolute atomic E-state index is 0.0291. The average Bonchev–Trinajstić information content (AvgIpc) is 2.49. The van der Waals surface area contributed by atoms with Gasteiger partial charge in [0.15, 0.2) is 0 Å². The lowest BCUT2D eigenvalue weighted by Gasteiger charge is -2.11. The molecule has 21 heavy (non-hydrogen) atoms. The maximum Gasteiger partial charge on any atom is 0.257 e. The molecule has 2 aromatic rings. The molecule has 0 bridgehead atoms. The summed E-state index contributed by atoms with van der Waals surface area (Å²) in [5.74, 6) is -0.784. The van der Waals surface area contributed by atoms with E-state index in [1.54, 1.807) is 0 Å². The third-order valence-electron chi connectivity index (χ3n) is 2.84. The summed E-state index contributed by atoms with van der Waals surface area (Å²) < 4.78 is 18.3. The van der Waals surface area contributed by atoms with Crippen molar-refractivity contribution in [2.24, 2.45) is 0 Å². The second-order valence-electron chi connectivity index (χ2n) is 4.21. The largest absolute Gasteiger partial charge is 0.495 e. The van der Waals surface area contributed by atoms with Crippen LogP contribution in [0.25, 0.3) is 0 Å². The second kappa shape index (κ2) is 5.92. The van der Waals surface area contributed by atoms with Crippen LogP contribution < -0.4 is 15.8 Å². The highest BCUT2D eigenvalue weighted by atomic mass is 19.1. The Morgan fingerprint density at radius 2 is 2.10 bits per heavy atom. The van der Waals surface area contributed by atoms with Crippen LogP contribution in [0.15, 0.2) is 36.4 Å². The van der Waals surface area contributed by atoms with Crippen LogP contribution >= 0.6 is 0 Å². The highest BCUT2D eigenvalue weighted by Crippen LogP contribution is 2.26. The van der Waals surface area contributed by atoms with Crippen LogP contribution in [0.3, 0.4) is 0 Å². The molecule has 0 atom stereocenters. The van der Waals surface area contributed by atoms with Crippen molar-refractivity contribution >= 4 is 17.3 Å². The Labute approximate surface area is 120 Å². The molecule has 0 spiro atoms. The molecule has 0 aliphatic carbocycles. The van der Waals surface area contributed by atoms with Gasteiger partial charge < -0.3 is 15.8 Å². The fourth-order valence-corrected chi connectivity index (χ4v) is 1.78. The lowest BCUT2D eigenvalue weighted by molar-refractivity contribution is 0.102. The first-order chi connectivity index (χ1) is 10.0. The van der Waals surface area contributed by atoms with Crippen LogP contribution in [0.2, 0.25) is 0 Å². The fraction of sp³-hybridized carbons (Fsp3) is 0.0667. The number of halogens is 1. The van der Waals surface area contributed by atoms with Gasteiger partial charge in [0.2, 0.25) is 0 Å². The van der Waals surface area contributed by atoms with Gasteiger partial charge in [-0.3, -0.25) is 4.79 Å². The summed E-state index contributed by atoms with van der Waals surface area (Å²) in [5.41, 5.74) is 6.62. The van der Waals surface area contributed by atoms with Gasteiger partial charge in [0.25, 0.3) is 5.91 Å². The molecule has 0 fully saturated rings. The van der Waals surface area contributed by atoms with E-state index in [0.717, 1.165) is 6.07 Å². The first-order valence-corrected chi connectivity index (χ1v) is 5.99. The molecule has 0 aliphatic rings. The molecule has 106 valence electrons. The number of ether oxygens (including phenoxy) is 1. The summed E-state index contributed by atoms with van der Waals surface area (Å²) in [5, 5.41) is 11.4. The third kappa shape index (κ3) is 3.09. The first kappa shape index (κ1) is 14.3. The van der Waals surface area contributed by atoms with Gasteiger partial charge in [0.05, 0.1) is 30.0 Å². The van der Waals surface area contributed by atoms with E-state index in [2.05, 4.69) is 5.32 Å². The molecule has 0 unspecified atom stereocenters. The fourth-order valence-electron chi connectivity index (χ4n) is 1.78. The summed E-state index contributed by atoms with van der Waals surface area (Å²) in [6.07, 6.45) is 0. The number of nitrogens with one attached hydrogen (secondary N) is 1. The van der Waals surface area contributed by atoms with Crippen LogP contribution in [0.5, 0.6) is 5.75 Å². The quantitative estimate of drug-likeness (QED) is 0.848. The molecular weight excluding hydrogens is 273 g/mol. The van der Waals surface area contributed by atoms with Crippen molar-refractivity contribution in [1.82, 2.24) is 0 Å². The number of anilines is 2. The maximum absolute atomic E-state index is 13.2. The van der Waals surface area contributed by atoms with E-state index >= 15 is 0 Å². The summed E-state index contributed by atoms with van der Waals surface area (Å²) in [4.78, 5) is 12.1. The SMILES string of the molecule is COc1cc(C#N)ccc1NC(=O)c1cc(F)ccc1N. The van der Waals surface area contributed by atoms with Crippen molar-refractivity contribution in [3.8, 4) is 11.8 Å². The van der Waals surface area contributed by atoms with Crippen molar-refractivity contribution in [2.45, 2.75) is 0 Å². The standard InChI is InChI=1S/C15H12FN3O2/c1-21-14-6-9(8-17)2-5-13(14)19-15(20)11-7-10(16)3-4-12(11)18/h2-7H,18H2,1H3,(H,19,20). The lowest BCUT2D eigenvalue weighted by atomic mass is 10.1. The molecule has 3 N–H and O–H groups in total. The molecule has 5 nitrogen and oxygen atoms in total. The number of rotatable bonds is 3. The summed E-state index contributed by atoms with van der Waals surface area (Å²) in [6.45, 7) is 0. The van der Waals surface area contributed by atoms with Crippen LogP contribution in [-0.2, 0) is 0 Å². The zero-order valence-electron chi connectivity index (χ0n) is 11.2. The second-order valence-corrected chi connectivity index (χ2v) is 4.21. The minimum atomic E-state index is -0.560. The zero-order valence-corrected chi connectivity index (χ0v) is 11.2. The Hall–Kier alpha value is -3.07. The Morgan fingerprint density at radius 3 is 2.76 bits per heavy atom. The number of nitrogens with two attached hydrogens (primary N) is 1. The predicted molar refractivity (Wildman–Crippen MR) is 76.5 cm³/mol. The Balaban J connectivity index is 2.32. The Bertz CT molecular complexity index is 738. The van der Waals surface area contributed by atoms with Gasteiger partial charge in [-0.15, -0.1) is 0 Å². The number of carbonyl (C=O) groups is 1. The van der Waals surface area contributed by atoms with Crippen LogP contribution in [0.4, 0.5) is 15.8 Å². The van der Waals surface area contributed by atoms with Crippen molar-refractivity contribution < 1.29 is 13.9 Å². The molecule has 0 saturated heterocycles. The molecule has 0 aliphatic heterocycles. The van der Waals surface area contributed by atoms with Gasteiger partial charge in [-0.25, -0.2) is 4.39 Å². The topological polar surface area (TPSA) is 88.1 Å². The number of nitrogens with zero attached hydrogens (tertiary/aromatic N) is 1. The number of benzene rings is 2. The summed E-state index contributed by atoms with van der Waals surface area (Å²) >= 11 is 0. The molecule has 2 aromatic carbocycles. The summed E-state index contributed by atoms with van der Waals surface area (Å²) in [6, 6.07) is 10.1. The van der Waals surface area contributed by atoms with Gasteiger partial charge in [-0.2, -0.15) is 5.26 Å². The van der Waals surface area contributed by atoms with Gasteiger partial charge in [0, 0.05) is 11.8 Å². The van der Waals surface area contributed by atoms with Gasteiger partial charge in [0.1, 0.15) is 11.6 Å². The van der Waals surface area contributed by atoms with Crippen LogP contribution in [0.1, 0.15) is 15.9 Å². The van der Waals surface area contributed by atoms with Crippen LogP contribution in [0, 0.1) is 17.1 Å².